The molecule has 1 atom stereocenters. The molecule has 1 aliphatic rings. The SMILES string of the molecule is Cc1c(C(O)C(=O)O)cc2c(c1Cl)OCCO2. The first-order valence-electron chi connectivity index (χ1n) is 5.02. The number of ether oxygens (including phenoxy) is 2. The number of aliphatic carboxylic acids is 1. The number of halogens is 1. The van der Waals surface area contributed by atoms with Crippen molar-refractivity contribution in [3.63, 3.8) is 0 Å². The van der Waals surface area contributed by atoms with Crippen LogP contribution in [0.15, 0.2) is 6.07 Å². The van der Waals surface area contributed by atoms with E-state index >= 15 is 0 Å². The summed E-state index contributed by atoms with van der Waals surface area (Å²) >= 11 is 6.06. The van der Waals surface area contributed by atoms with Gasteiger partial charge >= 0.3 is 5.97 Å². The fourth-order valence-electron chi connectivity index (χ4n) is 1.67. The summed E-state index contributed by atoms with van der Waals surface area (Å²) in [6, 6.07) is 1.45. The first kappa shape index (κ1) is 12.0. The molecule has 0 saturated heterocycles. The van der Waals surface area contributed by atoms with E-state index in [9.17, 15) is 9.90 Å². The molecule has 0 radical (unpaired) electrons. The van der Waals surface area contributed by atoms with Gasteiger partial charge in [0.25, 0.3) is 0 Å². The topological polar surface area (TPSA) is 76.0 Å². The Bertz CT molecular complexity index is 471. The van der Waals surface area contributed by atoms with Gasteiger partial charge in [-0.25, -0.2) is 4.79 Å². The zero-order valence-corrected chi connectivity index (χ0v) is 9.82. The second kappa shape index (κ2) is 4.43. The van der Waals surface area contributed by atoms with Crippen LogP contribution in [0.25, 0.3) is 0 Å². The van der Waals surface area contributed by atoms with Crippen molar-refractivity contribution in [2.45, 2.75) is 13.0 Å². The van der Waals surface area contributed by atoms with Crippen molar-refractivity contribution in [3.8, 4) is 11.5 Å². The van der Waals surface area contributed by atoms with Crippen LogP contribution in [0, 0.1) is 6.92 Å². The number of hydrogen-bond donors (Lipinski definition) is 2. The predicted molar refractivity (Wildman–Crippen MR) is 59.8 cm³/mol. The van der Waals surface area contributed by atoms with E-state index in [1.807, 2.05) is 0 Å². The lowest BCUT2D eigenvalue weighted by atomic mass is 10.0. The average molecular weight is 259 g/mol. The summed E-state index contributed by atoms with van der Waals surface area (Å²) in [5.41, 5.74) is 0.692. The Morgan fingerprint density at radius 3 is 2.76 bits per heavy atom. The minimum Gasteiger partial charge on any atom is -0.486 e. The molecule has 2 N–H and O–H groups in total. The minimum atomic E-state index is -1.62. The highest BCUT2D eigenvalue weighted by Gasteiger charge is 2.25. The van der Waals surface area contributed by atoms with Crippen molar-refractivity contribution in [1.82, 2.24) is 0 Å². The van der Waals surface area contributed by atoms with Gasteiger partial charge in [-0.1, -0.05) is 11.6 Å². The normalized spacial score (nSPS) is 15.5. The van der Waals surface area contributed by atoms with Crippen LogP contribution in [0.4, 0.5) is 0 Å². The van der Waals surface area contributed by atoms with Gasteiger partial charge < -0.3 is 19.7 Å². The Balaban J connectivity index is 2.55. The molecule has 0 spiro atoms. The number of aliphatic hydroxyl groups is 1. The molecule has 0 bridgehead atoms. The van der Waals surface area contributed by atoms with Crippen LogP contribution < -0.4 is 9.47 Å². The van der Waals surface area contributed by atoms with Gasteiger partial charge in [0, 0.05) is 5.56 Å². The van der Waals surface area contributed by atoms with Gasteiger partial charge in [-0.15, -0.1) is 0 Å². The molecule has 17 heavy (non-hydrogen) atoms. The molecule has 0 aromatic heterocycles. The second-order valence-corrected chi connectivity index (χ2v) is 4.05. The van der Waals surface area contributed by atoms with E-state index in [-0.39, 0.29) is 10.6 Å². The fourth-order valence-corrected chi connectivity index (χ4v) is 1.93. The molecular formula is C11H11ClO5. The Morgan fingerprint density at radius 1 is 1.47 bits per heavy atom. The van der Waals surface area contributed by atoms with Gasteiger partial charge in [-0.3, -0.25) is 0 Å². The molecule has 1 aliphatic heterocycles. The summed E-state index contributed by atoms with van der Waals surface area (Å²) in [5, 5.41) is 18.6. The maximum absolute atomic E-state index is 10.8. The van der Waals surface area contributed by atoms with Crippen LogP contribution >= 0.6 is 11.6 Å². The van der Waals surface area contributed by atoms with Crippen molar-refractivity contribution in [2.75, 3.05) is 13.2 Å². The Morgan fingerprint density at radius 2 is 2.12 bits per heavy atom. The third-order valence-electron chi connectivity index (χ3n) is 2.59. The molecule has 1 unspecified atom stereocenters. The maximum atomic E-state index is 10.8. The van der Waals surface area contributed by atoms with E-state index in [1.165, 1.54) is 6.07 Å². The minimum absolute atomic E-state index is 0.215. The van der Waals surface area contributed by atoms with Crippen LogP contribution in [0.2, 0.25) is 5.02 Å². The molecule has 1 heterocycles. The third-order valence-corrected chi connectivity index (χ3v) is 3.04. The first-order valence-corrected chi connectivity index (χ1v) is 5.39. The largest absolute Gasteiger partial charge is 0.486 e. The molecule has 2 rings (SSSR count). The highest BCUT2D eigenvalue weighted by molar-refractivity contribution is 6.33. The van der Waals surface area contributed by atoms with E-state index in [4.69, 9.17) is 26.2 Å². The van der Waals surface area contributed by atoms with Crippen molar-refractivity contribution in [2.24, 2.45) is 0 Å². The quantitative estimate of drug-likeness (QED) is 0.841. The summed E-state index contributed by atoms with van der Waals surface area (Å²) in [6.45, 7) is 2.39. The first-order chi connectivity index (χ1) is 8.02. The number of hydrogen-bond acceptors (Lipinski definition) is 4. The summed E-state index contributed by atoms with van der Waals surface area (Å²) in [4.78, 5) is 10.8. The van der Waals surface area contributed by atoms with Crippen LogP contribution in [0.5, 0.6) is 11.5 Å². The van der Waals surface area contributed by atoms with Crippen molar-refractivity contribution in [3.05, 3.63) is 22.2 Å². The molecule has 92 valence electrons. The highest BCUT2D eigenvalue weighted by atomic mass is 35.5. The number of fused-ring (bicyclic) bond motifs is 1. The molecule has 0 amide bonds. The summed E-state index contributed by atoms with van der Waals surface area (Å²) in [5.74, 6) is -0.570. The second-order valence-electron chi connectivity index (χ2n) is 3.67. The highest BCUT2D eigenvalue weighted by Crippen LogP contribution is 2.42. The number of rotatable bonds is 2. The molecule has 5 nitrogen and oxygen atoms in total. The summed E-state index contributed by atoms with van der Waals surface area (Å²) in [6.07, 6.45) is -1.62. The van der Waals surface area contributed by atoms with E-state index in [2.05, 4.69) is 0 Å². The number of carboxylic acids is 1. The number of carboxylic acid groups (broad SMARTS) is 1. The molecular weight excluding hydrogens is 248 g/mol. The van der Waals surface area contributed by atoms with Crippen molar-refractivity contribution >= 4 is 17.6 Å². The van der Waals surface area contributed by atoms with Gasteiger partial charge in [0.2, 0.25) is 0 Å². The summed E-state index contributed by atoms with van der Waals surface area (Å²) < 4.78 is 10.7. The van der Waals surface area contributed by atoms with E-state index in [0.717, 1.165) is 0 Å². The van der Waals surface area contributed by atoms with Crippen molar-refractivity contribution < 1.29 is 24.5 Å². The Labute approximate surface area is 103 Å². The van der Waals surface area contributed by atoms with Crippen LogP contribution in [-0.4, -0.2) is 29.4 Å². The van der Waals surface area contributed by atoms with Gasteiger partial charge in [0.15, 0.2) is 17.6 Å². The monoisotopic (exact) mass is 258 g/mol. The fraction of sp³-hybridized carbons (Fsp3) is 0.364. The average Bonchev–Trinajstić information content (AvgIpc) is 2.33. The van der Waals surface area contributed by atoms with Gasteiger partial charge in [0.05, 0.1) is 5.02 Å². The molecule has 1 aromatic carbocycles. The Kier molecular flexibility index (Phi) is 3.13. The Hall–Kier alpha value is -1.46. The van der Waals surface area contributed by atoms with Gasteiger partial charge in [0.1, 0.15) is 13.2 Å². The molecule has 0 aliphatic carbocycles. The van der Waals surface area contributed by atoms with Crippen LogP contribution in [0.1, 0.15) is 17.2 Å². The zero-order chi connectivity index (χ0) is 12.6. The lowest BCUT2D eigenvalue weighted by Crippen LogP contribution is -2.18. The zero-order valence-electron chi connectivity index (χ0n) is 9.07. The molecule has 6 heteroatoms. The van der Waals surface area contributed by atoms with E-state index in [1.54, 1.807) is 6.92 Å². The van der Waals surface area contributed by atoms with Gasteiger partial charge in [-0.2, -0.15) is 0 Å². The third kappa shape index (κ3) is 2.03. The number of benzene rings is 1. The molecule has 0 saturated carbocycles. The summed E-state index contributed by atoms with van der Waals surface area (Å²) in [7, 11) is 0. The smallest absolute Gasteiger partial charge is 0.337 e. The van der Waals surface area contributed by atoms with Crippen LogP contribution in [0.3, 0.4) is 0 Å². The standard InChI is InChI=1S/C11H11ClO5/c1-5-6(9(13)11(14)15)4-7-10(8(5)12)17-3-2-16-7/h4,9,13H,2-3H2,1H3,(H,14,15). The number of carbonyl (C=O) groups is 1. The number of aliphatic hydroxyl groups excluding tert-OH is 1. The molecule has 1 aromatic rings. The van der Waals surface area contributed by atoms with E-state index < -0.39 is 12.1 Å². The lowest BCUT2D eigenvalue weighted by molar-refractivity contribution is -0.147. The lowest BCUT2D eigenvalue weighted by Gasteiger charge is -2.22. The maximum Gasteiger partial charge on any atom is 0.337 e. The predicted octanol–water partition coefficient (Wildman–Crippen LogP) is 1.54. The molecule has 0 fully saturated rings. The van der Waals surface area contributed by atoms with Crippen molar-refractivity contribution in [1.29, 1.82) is 0 Å². The van der Waals surface area contributed by atoms with Crippen LogP contribution in [-0.2, 0) is 4.79 Å². The van der Waals surface area contributed by atoms with Gasteiger partial charge in [-0.05, 0) is 18.6 Å². The van der Waals surface area contributed by atoms with E-state index in [0.29, 0.717) is 30.3 Å².